The van der Waals surface area contributed by atoms with Gasteiger partial charge in [-0.05, 0) is 55.5 Å². The van der Waals surface area contributed by atoms with Gasteiger partial charge in [0.25, 0.3) is 10.0 Å². The van der Waals surface area contributed by atoms with Gasteiger partial charge in [0.2, 0.25) is 5.91 Å². The molecule has 1 aliphatic rings. The van der Waals surface area contributed by atoms with Crippen LogP contribution in [0.15, 0.2) is 53.4 Å². The van der Waals surface area contributed by atoms with E-state index < -0.39 is 10.0 Å². The van der Waals surface area contributed by atoms with Gasteiger partial charge in [-0.25, -0.2) is 8.42 Å². The number of amides is 1. The first kappa shape index (κ1) is 24.8. The molecule has 0 aliphatic carbocycles. The predicted octanol–water partition coefficient (Wildman–Crippen LogP) is 3.73. The van der Waals surface area contributed by atoms with Crippen molar-refractivity contribution in [3.05, 3.63) is 59.7 Å². The Bertz CT molecular complexity index is 1070. The summed E-state index contributed by atoms with van der Waals surface area (Å²) in [5.41, 5.74) is 2.48. The largest absolute Gasteiger partial charge is 0.469 e. The molecule has 0 saturated carbocycles. The van der Waals surface area contributed by atoms with Gasteiger partial charge in [0.1, 0.15) is 6.54 Å². The highest BCUT2D eigenvalue weighted by atomic mass is 32.2. The van der Waals surface area contributed by atoms with Gasteiger partial charge in [0.15, 0.2) is 0 Å². The molecule has 178 valence electrons. The summed E-state index contributed by atoms with van der Waals surface area (Å²) in [7, 11) is -2.59. The molecule has 2 aromatic carbocycles. The molecule has 1 saturated heterocycles. The Morgan fingerprint density at radius 3 is 2.12 bits per heavy atom. The second kappa shape index (κ2) is 10.4. The highest BCUT2D eigenvalue weighted by Crippen LogP contribution is 2.27. The van der Waals surface area contributed by atoms with Crippen LogP contribution in [0, 0.1) is 12.8 Å². The average molecular weight is 473 g/mol. The van der Waals surface area contributed by atoms with Gasteiger partial charge in [-0.2, -0.15) is 0 Å². The van der Waals surface area contributed by atoms with Crippen LogP contribution in [0.1, 0.15) is 43.7 Å². The van der Waals surface area contributed by atoms with E-state index >= 15 is 0 Å². The van der Waals surface area contributed by atoms with Crippen LogP contribution in [0.4, 0.5) is 5.69 Å². The van der Waals surface area contributed by atoms with E-state index in [9.17, 15) is 18.0 Å². The molecule has 0 bridgehead atoms. The van der Waals surface area contributed by atoms with Crippen LogP contribution in [0.25, 0.3) is 0 Å². The van der Waals surface area contributed by atoms with Gasteiger partial charge >= 0.3 is 5.97 Å². The minimum atomic E-state index is -3.95. The molecule has 7 nitrogen and oxygen atoms in total. The van der Waals surface area contributed by atoms with Gasteiger partial charge in [-0.1, -0.05) is 43.7 Å². The lowest BCUT2D eigenvalue weighted by Crippen LogP contribution is -2.46. The normalized spacial score (nSPS) is 14.9. The summed E-state index contributed by atoms with van der Waals surface area (Å²) >= 11 is 0. The number of anilines is 1. The number of benzene rings is 2. The van der Waals surface area contributed by atoms with Crippen LogP contribution >= 0.6 is 0 Å². The molecule has 0 unspecified atom stereocenters. The van der Waals surface area contributed by atoms with Crippen molar-refractivity contribution < 1.29 is 22.7 Å². The molecule has 0 spiro atoms. The molecule has 3 rings (SSSR count). The number of hydrogen-bond donors (Lipinski definition) is 0. The Balaban J connectivity index is 1.87. The molecule has 1 aliphatic heterocycles. The van der Waals surface area contributed by atoms with Gasteiger partial charge < -0.3 is 9.64 Å². The molecule has 0 radical (unpaired) electrons. The SMILES string of the molecule is COC(=O)C1CCN(C(=O)CN(c2ccc(C(C)C)cc2)S(=O)(=O)c2ccc(C)cc2)CC1. The Labute approximate surface area is 196 Å². The lowest BCUT2D eigenvalue weighted by atomic mass is 9.97. The molecule has 0 N–H and O–H groups in total. The lowest BCUT2D eigenvalue weighted by Gasteiger charge is -2.33. The first-order valence-corrected chi connectivity index (χ1v) is 12.6. The number of rotatable bonds is 7. The third-order valence-electron chi connectivity index (χ3n) is 6.12. The molecular weight excluding hydrogens is 440 g/mol. The maximum Gasteiger partial charge on any atom is 0.308 e. The molecule has 0 atom stereocenters. The van der Waals surface area contributed by atoms with E-state index in [0.29, 0.717) is 37.5 Å². The van der Waals surface area contributed by atoms with E-state index in [1.807, 2.05) is 19.1 Å². The summed E-state index contributed by atoms with van der Waals surface area (Å²) in [4.78, 5) is 26.7. The monoisotopic (exact) mass is 472 g/mol. The highest BCUT2D eigenvalue weighted by molar-refractivity contribution is 7.92. The van der Waals surface area contributed by atoms with Gasteiger partial charge in [-0.15, -0.1) is 0 Å². The van der Waals surface area contributed by atoms with Gasteiger partial charge in [0, 0.05) is 13.1 Å². The quantitative estimate of drug-likeness (QED) is 0.574. The Hall–Kier alpha value is -2.87. The molecular formula is C25H32N2O5S. The van der Waals surface area contributed by atoms with Crippen LogP contribution in [-0.2, 0) is 24.3 Å². The van der Waals surface area contributed by atoms with E-state index in [4.69, 9.17) is 4.74 Å². The molecule has 1 heterocycles. The van der Waals surface area contributed by atoms with Crippen LogP contribution < -0.4 is 4.31 Å². The van der Waals surface area contributed by atoms with Crippen LogP contribution in [0.2, 0.25) is 0 Å². The molecule has 0 aromatic heterocycles. The molecule has 8 heteroatoms. The van der Waals surface area contributed by atoms with Crippen molar-refractivity contribution in [2.45, 2.75) is 44.4 Å². The molecule has 1 fully saturated rings. The maximum atomic E-state index is 13.6. The van der Waals surface area contributed by atoms with E-state index in [1.165, 1.54) is 11.4 Å². The number of likely N-dealkylation sites (tertiary alicyclic amines) is 1. The summed E-state index contributed by atoms with van der Waals surface area (Å²) in [5, 5.41) is 0. The van der Waals surface area contributed by atoms with Gasteiger partial charge in [0.05, 0.1) is 23.6 Å². The van der Waals surface area contributed by atoms with Crippen molar-refractivity contribution in [1.82, 2.24) is 4.90 Å². The summed E-state index contributed by atoms with van der Waals surface area (Å²) in [6.45, 7) is 6.50. The number of piperidine rings is 1. The fraction of sp³-hybridized carbons (Fsp3) is 0.440. The van der Waals surface area contributed by atoms with E-state index in [2.05, 4.69) is 13.8 Å². The molecule has 33 heavy (non-hydrogen) atoms. The van der Waals surface area contributed by atoms with Crippen LogP contribution in [0.3, 0.4) is 0 Å². The van der Waals surface area contributed by atoms with Crippen molar-refractivity contribution in [3.8, 4) is 0 Å². The molecule has 2 aromatic rings. The van der Waals surface area contributed by atoms with Crippen molar-refractivity contribution >= 4 is 27.6 Å². The highest BCUT2D eigenvalue weighted by Gasteiger charge is 2.32. The van der Waals surface area contributed by atoms with E-state index in [0.717, 1.165) is 11.1 Å². The number of esters is 1. The van der Waals surface area contributed by atoms with Crippen molar-refractivity contribution in [2.75, 3.05) is 31.0 Å². The van der Waals surface area contributed by atoms with E-state index in [-0.39, 0.29) is 29.2 Å². The number of methoxy groups -OCH3 is 1. The predicted molar refractivity (Wildman–Crippen MR) is 128 cm³/mol. The van der Waals surface area contributed by atoms with Gasteiger partial charge in [-0.3, -0.25) is 13.9 Å². The number of hydrogen-bond acceptors (Lipinski definition) is 5. The smallest absolute Gasteiger partial charge is 0.308 e. The summed E-state index contributed by atoms with van der Waals surface area (Å²) in [6, 6.07) is 13.9. The third-order valence-corrected chi connectivity index (χ3v) is 7.91. The fourth-order valence-electron chi connectivity index (χ4n) is 3.93. The number of carbonyl (C=O) groups excluding carboxylic acids is 2. The van der Waals surface area contributed by atoms with Crippen molar-refractivity contribution in [2.24, 2.45) is 5.92 Å². The Morgan fingerprint density at radius 2 is 1.61 bits per heavy atom. The summed E-state index contributed by atoms with van der Waals surface area (Å²) < 4.78 is 33.1. The zero-order valence-corrected chi connectivity index (χ0v) is 20.5. The zero-order chi connectivity index (χ0) is 24.2. The maximum absolute atomic E-state index is 13.6. The fourth-order valence-corrected chi connectivity index (χ4v) is 5.35. The standard InChI is InChI=1S/C25H32N2O5S/c1-18(2)20-7-9-22(10-8-20)27(33(30,31)23-11-5-19(3)6-12-23)17-24(28)26-15-13-21(14-16-26)25(29)32-4/h5-12,18,21H,13-17H2,1-4H3. The third kappa shape index (κ3) is 5.74. The summed E-state index contributed by atoms with van der Waals surface area (Å²) in [5.74, 6) is -0.480. The number of aryl methyl sites for hydroxylation is 1. The zero-order valence-electron chi connectivity index (χ0n) is 19.7. The van der Waals surface area contributed by atoms with Crippen molar-refractivity contribution in [3.63, 3.8) is 0 Å². The number of carbonyl (C=O) groups is 2. The topological polar surface area (TPSA) is 84.0 Å². The Morgan fingerprint density at radius 1 is 1.03 bits per heavy atom. The minimum absolute atomic E-state index is 0.137. The lowest BCUT2D eigenvalue weighted by molar-refractivity contribution is -0.148. The first-order valence-electron chi connectivity index (χ1n) is 11.2. The van der Waals surface area contributed by atoms with E-state index in [1.54, 1.807) is 41.3 Å². The summed E-state index contributed by atoms with van der Waals surface area (Å²) in [6.07, 6.45) is 1.01. The average Bonchev–Trinajstić information content (AvgIpc) is 2.82. The Kier molecular flexibility index (Phi) is 7.79. The number of ether oxygens (including phenoxy) is 1. The van der Waals surface area contributed by atoms with Crippen LogP contribution in [-0.4, -0.2) is 51.9 Å². The first-order chi connectivity index (χ1) is 15.6. The molecule has 1 amide bonds. The minimum Gasteiger partial charge on any atom is -0.469 e. The second-order valence-corrected chi connectivity index (χ2v) is 10.6. The van der Waals surface area contributed by atoms with Crippen LogP contribution in [0.5, 0.6) is 0 Å². The van der Waals surface area contributed by atoms with Crippen molar-refractivity contribution in [1.29, 1.82) is 0 Å². The second-order valence-electron chi connectivity index (χ2n) is 8.75. The number of nitrogens with zero attached hydrogens (tertiary/aromatic N) is 2. The number of sulfonamides is 1.